The molecule has 0 aliphatic heterocycles. The van der Waals surface area contributed by atoms with E-state index in [1.807, 2.05) is 52.8 Å². The Morgan fingerprint density at radius 1 is 1.13 bits per heavy atom. The molecule has 6 heteroatoms. The number of benzene rings is 2. The Labute approximate surface area is 190 Å². The molecule has 0 unspecified atom stereocenters. The van der Waals surface area contributed by atoms with Crippen LogP contribution < -0.4 is 10.1 Å². The van der Waals surface area contributed by atoms with Gasteiger partial charge in [-0.15, -0.1) is 0 Å². The van der Waals surface area contributed by atoms with Crippen LogP contribution in [0.25, 0.3) is 0 Å². The number of carbonyl (C=O) groups excluding carboxylic acids is 2. The van der Waals surface area contributed by atoms with Gasteiger partial charge in [0, 0.05) is 17.6 Å². The first kappa shape index (κ1) is 24.7. The lowest BCUT2D eigenvalue weighted by Gasteiger charge is -2.29. The summed E-state index contributed by atoms with van der Waals surface area (Å²) < 4.78 is 5.89. The SMILES string of the molecule is CC[C@H](C)NC(=O)[C@@H](C)N(Cc1cccc(Cl)c1)C(=O)COc1cc(C)cc(C)c1C. The Morgan fingerprint density at radius 3 is 2.48 bits per heavy atom. The van der Waals surface area contributed by atoms with Crippen molar-refractivity contribution in [3.8, 4) is 5.75 Å². The summed E-state index contributed by atoms with van der Waals surface area (Å²) in [6, 6.07) is 10.7. The molecule has 2 atom stereocenters. The summed E-state index contributed by atoms with van der Waals surface area (Å²) in [6.07, 6.45) is 0.815. The molecule has 0 bridgehead atoms. The highest BCUT2D eigenvalue weighted by atomic mass is 35.5. The Bertz CT molecular complexity index is 929. The number of rotatable bonds is 9. The van der Waals surface area contributed by atoms with E-state index in [1.54, 1.807) is 24.0 Å². The van der Waals surface area contributed by atoms with Crippen LogP contribution in [0.4, 0.5) is 0 Å². The van der Waals surface area contributed by atoms with E-state index in [0.717, 1.165) is 28.7 Å². The smallest absolute Gasteiger partial charge is 0.261 e. The molecular weight excluding hydrogens is 412 g/mol. The molecule has 2 aromatic carbocycles. The molecule has 0 saturated carbocycles. The minimum atomic E-state index is -0.649. The van der Waals surface area contributed by atoms with Crippen molar-refractivity contribution in [3.63, 3.8) is 0 Å². The van der Waals surface area contributed by atoms with E-state index in [2.05, 4.69) is 11.4 Å². The molecule has 0 saturated heterocycles. The second kappa shape index (κ2) is 11.2. The lowest BCUT2D eigenvalue weighted by molar-refractivity contribution is -0.142. The van der Waals surface area contributed by atoms with Crippen LogP contribution in [0.15, 0.2) is 36.4 Å². The topological polar surface area (TPSA) is 58.6 Å². The fourth-order valence-electron chi connectivity index (χ4n) is 3.25. The summed E-state index contributed by atoms with van der Waals surface area (Å²) in [7, 11) is 0. The van der Waals surface area contributed by atoms with E-state index in [-0.39, 0.29) is 31.0 Å². The lowest BCUT2D eigenvalue weighted by Crippen LogP contribution is -2.50. The number of halogens is 1. The van der Waals surface area contributed by atoms with E-state index < -0.39 is 6.04 Å². The van der Waals surface area contributed by atoms with Gasteiger partial charge in [0.15, 0.2) is 6.61 Å². The molecule has 168 valence electrons. The molecule has 0 fully saturated rings. The van der Waals surface area contributed by atoms with E-state index >= 15 is 0 Å². The zero-order valence-corrected chi connectivity index (χ0v) is 20.0. The number of aryl methyl sites for hydroxylation is 2. The van der Waals surface area contributed by atoms with Gasteiger partial charge in [-0.25, -0.2) is 0 Å². The van der Waals surface area contributed by atoms with Crippen LogP contribution in [0.2, 0.25) is 5.02 Å². The summed E-state index contributed by atoms with van der Waals surface area (Å²) >= 11 is 6.12. The van der Waals surface area contributed by atoms with Gasteiger partial charge >= 0.3 is 0 Å². The predicted molar refractivity (Wildman–Crippen MR) is 126 cm³/mol. The van der Waals surface area contributed by atoms with Gasteiger partial charge in [-0.2, -0.15) is 0 Å². The zero-order valence-electron chi connectivity index (χ0n) is 19.3. The predicted octanol–water partition coefficient (Wildman–Crippen LogP) is 4.98. The van der Waals surface area contributed by atoms with Crippen molar-refractivity contribution >= 4 is 23.4 Å². The van der Waals surface area contributed by atoms with Crippen LogP contribution >= 0.6 is 11.6 Å². The third-order valence-electron chi connectivity index (χ3n) is 5.53. The maximum absolute atomic E-state index is 13.2. The van der Waals surface area contributed by atoms with Gasteiger partial charge in [-0.3, -0.25) is 9.59 Å². The number of hydrogen-bond donors (Lipinski definition) is 1. The molecule has 2 aromatic rings. The lowest BCUT2D eigenvalue weighted by atomic mass is 10.1. The van der Waals surface area contributed by atoms with Crippen molar-refractivity contribution in [2.75, 3.05) is 6.61 Å². The van der Waals surface area contributed by atoms with Crippen molar-refractivity contribution < 1.29 is 14.3 Å². The second-order valence-electron chi connectivity index (χ2n) is 8.14. The molecule has 5 nitrogen and oxygen atoms in total. The normalized spacial score (nSPS) is 12.7. The number of amides is 2. The Kier molecular flexibility index (Phi) is 8.93. The maximum Gasteiger partial charge on any atom is 0.261 e. The summed E-state index contributed by atoms with van der Waals surface area (Å²) in [5.41, 5.74) is 4.04. The van der Waals surface area contributed by atoms with E-state index in [1.165, 1.54) is 0 Å². The van der Waals surface area contributed by atoms with E-state index in [9.17, 15) is 9.59 Å². The van der Waals surface area contributed by atoms with Gasteiger partial charge in [-0.1, -0.05) is 36.7 Å². The summed E-state index contributed by atoms with van der Waals surface area (Å²) in [5.74, 6) is 0.239. The average Bonchev–Trinajstić information content (AvgIpc) is 2.72. The van der Waals surface area contributed by atoms with Gasteiger partial charge in [0.25, 0.3) is 5.91 Å². The van der Waals surface area contributed by atoms with Crippen molar-refractivity contribution in [2.24, 2.45) is 0 Å². The highest BCUT2D eigenvalue weighted by Gasteiger charge is 2.27. The second-order valence-corrected chi connectivity index (χ2v) is 8.58. The van der Waals surface area contributed by atoms with Gasteiger partial charge in [0.1, 0.15) is 11.8 Å². The highest BCUT2D eigenvalue weighted by Crippen LogP contribution is 2.23. The minimum Gasteiger partial charge on any atom is -0.483 e. The fraction of sp³-hybridized carbons (Fsp3) is 0.440. The Morgan fingerprint density at radius 2 is 1.84 bits per heavy atom. The number of ether oxygens (including phenoxy) is 1. The Balaban J connectivity index is 2.22. The molecule has 31 heavy (non-hydrogen) atoms. The van der Waals surface area contributed by atoms with Crippen LogP contribution in [-0.2, 0) is 16.1 Å². The number of nitrogens with one attached hydrogen (secondary N) is 1. The molecule has 0 aromatic heterocycles. The molecule has 0 radical (unpaired) electrons. The molecular formula is C25H33ClN2O3. The van der Waals surface area contributed by atoms with E-state index in [0.29, 0.717) is 10.8 Å². The van der Waals surface area contributed by atoms with Crippen molar-refractivity contribution in [2.45, 2.75) is 66.6 Å². The monoisotopic (exact) mass is 444 g/mol. The standard InChI is InChI=1S/C25H33ClN2O3/c1-7-18(4)27-25(30)20(6)28(14-21-9-8-10-22(26)13-21)24(29)15-31-23-12-16(2)11-17(3)19(23)5/h8-13,18,20H,7,14-15H2,1-6H3,(H,27,30)/t18-,20+/m0/s1. The molecule has 0 spiro atoms. The molecule has 0 heterocycles. The molecule has 0 aliphatic carbocycles. The molecule has 1 N–H and O–H groups in total. The van der Waals surface area contributed by atoms with Crippen molar-refractivity contribution in [1.29, 1.82) is 0 Å². The van der Waals surface area contributed by atoms with Crippen LogP contribution in [-0.4, -0.2) is 35.4 Å². The summed E-state index contributed by atoms with van der Waals surface area (Å²) in [5, 5.41) is 3.55. The van der Waals surface area contributed by atoms with E-state index in [4.69, 9.17) is 16.3 Å². The first-order chi connectivity index (χ1) is 14.6. The van der Waals surface area contributed by atoms with Gasteiger partial charge in [0.2, 0.25) is 5.91 Å². The number of hydrogen-bond acceptors (Lipinski definition) is 3. The first-order valence-electron chi connectivity index (χ1n) is 10.7. The van der Waals surface area contributed by atoms with Crippen LogP contribution in [0.1, 0.15) is 49.4 Å². The summed E-state index contributed by atoms with van der Waals surface area (Å²) in [4.78, 5) is 27.5. The largest absolute Gasteiger partial charge is 0.483 e. The summed E-state index contributed by atoms with van der Waals surface area (Å²) in [6.45, 7) is 11.8. The van der Waals surface area contributed by atoms with Gasteiger partial charge in [-0.05, 0) is 81.5 Å². The minimum absolute atomic E-state index is 0.0345. The maximum atomic E-state index is 13.2. The highest BCUT2D eigenvalue weighted by molar-refractivity contribution is 6.30. The third kappa shape index (κ3) is 7.00. The fourth-order valence-corrected chi connectivity index (χ4v) is 3.47. The Hall–Kier alpha value is -2.53. The quantitative estimate of drug-likeness (QED) is 0.593. The molecule has 2 amide bonds. The average molecular weight is 445 g/mol. The van der Waals surface area contributed by atoms with Gasteiger partial charge < -0.3 is 15.0 Å². The third-order valence-corrected chi connectivity index (χ3v) is 5.76. The van der Waals surface area contributed by atoms with Crippen molar-refractivity contribution in [1.82, 2.24) is 10.2 Å². The van der Waals surface area contributed by atoms with Crippen LogP contribution in [0, 0.1) is 20.8 Å². The molecule has 0 aliphatic rings. The van der Waals surface area contributed by atoms with Crippen LogP contribution in [0.3, 0.4) is 0 Å². The van der Waals surface area contributed by atoms with Crippen molar-refractivity contribution in [3.05, 3.63) is 63.7 Å². The first-order valence-corrected chi connectivity index (χ1v) is 11.0. The molecule has 2 rings (SSSR count). The van der Waals surface area contributed by atoms with Gasteiger partial charge in [0.05, 0.1) is 0 Å². The zero-order chi connectivity index (χ0) is 23.1. The number of nitrogens with zero attached hydrogens (tertiary/aromatic N) is 1. The van der Waals surface area contributed by atoms with Crippen LogP contribution in [0.5, 0.6) is 5.75 Å². The number of carbonyl (C=O) groups is 2.